The minimum atomic E-state index is -0.302. The standard InChI is InChI=1S/C20H37N3O.2ClH/c1-16-8-4-6-12-22(16)14-17-9-7-13-23(15-17)19(24)18-10-3-5-11-20(18,2)21;;/h16-18H,3-15,21H2,1-2H3;2*1H. The van der Waals surface area contributed by atoms with E-state index in [1.807, 2.05) is 0 Å². The summed E-state index contributed by atoms with van der Waals surface area (Å²) in [7, 11) is 0. The van der Waals surface area contributed by atoms with Crippen LogP contribution in [0.3, 0.4) is 0 Å². The summed E-state index contributed by atoms with van der Waals surface area (Å²) in [6.07, 6.45) is 10.8. The molecule has 26 heavy (non-hydrogen) atoms. The van der Waals surface area contributed by atoms with Gasteiger partial charge in [-0.25, -0.2) is 0 Å². The molecule has 4 unspecified atom stereocenters. The van der Waals surface area contributed by atoms with Gasteiger partial charge in [0.05, 0.1) is 5.92 Å². The van der Waals surface area contributed by atoms with Crippen LogP contribution < -0.4 is 5.73 Å². The highest BCUT2D eigenvalue weighted by molar-refractivity contribution is 5.85. The zero-order chi connectivity index (χ0) is 17.2. The second kappa shape index (κ2) is 10.5. The van der Waals surface area contributed by atoms with Crippen LogP contribution in [0.5, 0.6) is 0 Å². The lowest BCUT2D eigenvalue weighted by molar-refractivity contribution is -0.141. The van der Waals surface area contributed by atoms with E-state index in [1.165, 1.54) is 45.2 Å². The van der Waals surface area contributed by atoms with Gasteiger partial charge in [0.2, 0.25) is 5.91 Å². The van der Waals surface area contributed by atoms with E-state index in [-0.39, 0.29) is 36.3 Å². The van der Waals surface area contributed by atoms with Crippen LogP contribution in [0, 0.1) is 11.8 Å². The second-order valence-corrected chi connectivity index (χ2v) is 8.94. The fraction of sp³-hybridized carbons (Fsp3) is 0.950. The van der Waals surface area contributed by atoms with Gasteiger partial charge in [-0.3, -0.25) is 4.79 Å². The molecular formula is C20H39Cl2N3O. The van der Waals surface area contributed by atoms with Crippen molar-refractivity contribution in [2.75, 3.05) is 26.2 Å². The molecule has 1 aliphatic carbocycles. The van der Waals surface area contributed by atoms with Crippen molar-refractivity contribution in [2.45, 2.75) is 83.2 Å². The zero-order valence-corrected chi connectivity index (χ0v) is 18.3. The van der Waals surface area contributed by atoms with E-state index in [4.69, 9.17) is 5.73 Å². The minimum absolute atomic E-state index is 0. The Balaban J connectivity index is 0.00000169. The van der Waals surface area contributed by atoms with E-state index >= 15 is 0 Å². The molecule has 6 heteroatoms. The molecule has 2 saturated heterocycles. The predicted octanol–water partition coefficient (Wildman–Crippen LogP) is 3.85. The van der Waals surface area contributed by atoms with Gasteiger partial charge in [0.15, 0.2) is 0 Å². The second-order valence-electron chi connectivity index (χ2n) is 8.94. The van der Waals surface area contributed by atoms with E-state index in [1.54, 1.807) is 0 Å². The van der Waals surface area contributed by atoms with Crippen molar-refractivity contribution in [3.05, 3.63) is 0 Å². The Hall–Kier alpha value is -0.0300. The zero-order valence-electron chi connectivity index (χ0n) is 16.6. The molecule has 1 saturated carbocycles. The number of hydrogen-bond acceptors (Lipinski definition) is 3. The Labute approximate surface area is 172 Å². The minimum Gasteiger partial charge on any atom is -0.342 e. The Bertz CT molecular complexity index is 447. The fourth-order valence-corrected chi connectivity index (χ4v) is 5.16. The Morgan fingerprint density at radius 3 is 2.46 bits per heavy atom. The summed E-state index contributed by atoms with van der Waals surface area (Å²) >= 11 is 0. The van der Waals surface area contributed by atoms with Gasteiger partial charge in [-0.1, -0.05) is 19.3 Å². The Kier molecular flexibility index (Phi) is 9.69. The van der Waals surface area contributed by atoms with Crippen molar-refractivity contribution in [2.24, 2.45) is 17.6 Å². The normalized spacial score (nSPS) is 36.0. The van der Waals surface area contributed by atoms with Gasteiger partial charge < -0.3 is 15.5 Å². The lowest BCUT2D eigenvalue weighted by atomic mass is 9.73. The van der Waals surface area contributed by atoms with Crippen LogP contribution >= 0.6 is 24.8 Å². The lowest BCUT2D eigenvalue weighted by Gasteiger charge is -2.43. The highest BCUT2D eigenvalue weighted by Crippen LogP contribution is 2.34. The monoisotopic (exact) mass is 407 g/mol. The maximum Gasteiger partial charge on any atom is 0.227 e. The molecule has 2 heterocycles. The lowest BCUT2D eigenvalue weighted by Crippen LogP contribution is -2.55. The highest BCUT2D eigenvalue weighted by Gasteiger charge is 2.40. The Morgan fingerprint density at radius 1 is 1.04 bits per heavy atom. The maximum atomic E-state index is 13.1. The largest absolute Gasteiger partial charge is 0.342 e. The van der Waals surface area contributed by atoms with Crippen LogP contribution in [0.2, 0.25) is 0 Å². The number of nitrogens with zero attached hydrogens (tertiary/aromatic N) is 2. The van der Waals surface area contributed by atoms with Crippen LogP contribution in [0.15, 0.2) is 0 Å². The highest BCUT2D eigenvalue weighted by atomic mass is 35.5. The number of piperidine rings is 2. The fourth-order valence-electron chi connectivity index (χ4n) is 5.16. The average Bonchev–Trinajstić information content (AvgIpc) is 2.56. The first-order chi connectivity index (χ1) is 11.5. The number of halogens is 2. The average molecular weight is 408 g/mol. The molecule has 2 N–H and O–H groups in total. The molecule has 0 spiro atoms. The van der Waals surface area contributed by atoms with Crippen molar-refractivity contribution in [3.63, 3.8) is 0 Å². The van der Waals surface area contributed by atoms with E-state index in [9.17, 15) is 4.79 Å². The summed E-state index contributed by atoms with van der Waals surface area (Å²) < 4.78 is 0. The van der Waals surface area contributed by atoms with Gasteiger partial charge >= 0.3 is 0 Å². The number of carbonyl (C=O) groups is 1. The van der Waals surface area contributed by atoms with Gasteiger partial charge in [-0.05, 0) is 64.8 Å². The third-order valence-corrected chi connectivity index (χ3v) is 6.82. The SMILES string of the molecule is CC1CCCCN1CC1CCCN(C(=O)C2CCCCC2(C)N)C1.Cl.Cl. The van der Waals surface area contributed by atoms with E-state index in [2.05, 4.69) is 23.6 Å². The van der Waals surface area contributed by atoms with E-state index < -0.39 is 0 Å². The van der Waals surface area contributed by atoms with Crippen molar-refractivity contribution in [1.29, 1.82) is 0 Å². The van der Waals surface area contributed by atoms with E-state index in [0.717, 1.165) is 44.8 Å². The van der Waals surface area contributed by atoms with Crippen molar-refractivity contribution in [1.82, 2.24) is 9.80 Å². The molecule has 3 aliphatic rings. The summed E-state index contributed by atoms with van der Waals surface area (Å²) in [5.74, 6) is 1.03. The van der Waals surface area contributed by atoms with Crippen LogP contribution in [0.25, 0.3) is 0 Å². The number of likely N-dealkylation sites (tertiary alicyclic amines) is 2. The number of amides is 1. The summed E-state index contributed by atoms with van der Waals surface area (Å²) in [6.45, 7) is 8.77. The van der Waals surface area contributed by atoms with Crippen LogP contribution in [-0.4, -0.2) is 53.5 Å². The van der Waals surface area contributed by atoms with Crippen molar-refractivity contribution < 1.29 is 4.79 Å². The predicted molar refractivity (Wildman–Crippen MR) is 113 cm³/mol. The molecule has 0 radical (unpaired) electrons. The van der Waals surface area contributed by atoms with Gasteiger partial charge in [0, 0.05) is 31.2 Å². The number of carbonyl (C=O) groups excluding carboxylic acids is 1. The molecule has 4 atom stereocenters. The van der Waals surface area contributed by atoms with E-state index in [0.29, 0.717) is 11.8 Å². The summed E-state index contributed by atoms with van der Waals surface area (Å²) in [4.78, 5) is 17.9. The molecule has 4 nitrogen and oxygen atoms in total. The number of nitrogens with two attached hydrogens (primary N) is 1. The molecule has 0 bridgehead atoms. The summed E-state index contributed by atoms with van der Waals surface area (Å²) in [5.41, 5.74) is 6.17. The summed E-state index contributed by atoms with van der Waals surface area (Å²) in [6, 6.07) is 0.718. The maximum absolute atomic E-state index is 13.1. The molecule has 3 fully saturated rings. The molecular weight excluding hydrogens is 369 g/mol. The molecule has 0 aromatic rings. The first-order valence-corrected chi connectivity index (χ1v) is 10.3. The topological polar surface area (TPSA) is 49.6 Å². The third kappa shape index (κ3) is 5.73. The third-order valence-electron chi connectivity index (χ3n) is 6.82. The van der Waals surface area contributed by atoms with Crippen molar-refractivity contribution >= 4 is 30.7 Å². The molecule has 0 aromatic heterocycles. The van der Waals surface area contributed by atoms with Crippen molar-refractivity contribution in [3.8, 4) is 0 Å². The smallest absolute Gasteiger partial charge is 0.227 e. The van der Waals surface area contributed by atoms with Gasteiger partial charge in [-0.15, -0.1) is 24.8 Å². The molecule has 1 amide bonds. The quantitative estimate of drug-likeness (QED) is 0.772. The molecule has 2 aliphatic heterocycles. The first-order valence-electron chi connectivity index (χ1n) is 10.3. The molecule has 3 rings (SSSR count). The van der Waals surface area contributed by atoms with Crippen LogP contribution in [0.1, 0.15) is 71.6 Å². The first kappa shape index (κ1) is 24.0. The molecule has 154 valence electrons. The van der Waals surface area contributed by atoms with Gasteiger partial charge in [0.1, 0.15) is 0 Å². The number of hydrogen-bond donors (Lipinski definition) is 1. The van der Waals surface area contributed by atoms with Crippen LogP contribution in [-0.2, 0) is 4.79 Å². The summed E-state index contributed by atoms with van der Waals surface area (Å²) in [5, 5.41) is 0. The van der Waals surface area contributed by atoms with Gasteiger partial charge in [-0.2, -0.15) is 0 Å². The van der Waals surface area contributed by atoms with Crippen LogP contribution in [0.4, 0.5) is 0 Å². The number of rotatable bonds is 3. The Morgan fingerprint density at radius 2 is 1.77 bits per heavy atom. The van der Waals surface area contributed by atoms with Gasteiger partial charge in [0.25, 0.3) is 0 Å². The molecule has 0 aromatic carbocycles.